The molecule has 1 aliphatic rings. The van der Waals surface area contributed by atoms with Gasteiger partial charge in [-0.3, -0.25) is 14.5 Å². The Morgan fingerprint density at radius 2 is 1.96 bits per heavy atom. The predicted octanol–water partition coefficient (Wildman–Crippen LogP) is -0.293. The van der Waals surface area contributed by atoms with Crippen molar-refractivity contribution in [1.82, 2.24) is 24.8 Å². The molecule has 0 aliphatic carbocycles. The summed E-state index contributed by atoms with van der Waals surface area (Å²) in [6.07, 6.45) is -0.135. The topological polar surface area (TPSA) is 91.6 Å². The van der Waals surface area contributed by atoms with Crippen LogP contribution in [0.2, 0.25) is 0 Å². The van der Waals surface area contributed by atoms with E-state index in [1.807, 2.05) is 6.07 Å². The molecule has 1 aromatic heterocycles. The Hall–Kier alpha value is -2.32. The maximum atomic E-state index is 12.4. The molecule has 8 heteroatoms. The van der Waals surface area contributed by atoms with E-state index in [9.17, 15) is 14.7 Å². The predicted molar refractivity (Wildman–Crippen MR) is 93.1 cm³/mol. The standard InChI is InChI=1S/C17H23N5O3/c1-13(23)12-20-8-10-21(11-9-20)16(24)6-7-22-17(25)14-4-2-3-5-15(14)18-19-22/h2-5,13,23H,6-12H2,1H3. The molecule has 1 aliphatic heterocycles. The number of nitrogens with zero attached hydrogens (tertiary/aromatic N) is 5. The molecule has 2 aromatic rings. The van der Waals surface area contributed by atoms with E-state index in [-0.39, 0.29) is 30.5 Å². The lowest BCUT2D eigenvalue weighted by Gasteiger charge is -2.35. The van der Waals surface area contributed by atoms with Crippen molar-refractivity contribution in [2.75, 3.05) is 32.7 Å². The highest BCUT2D eigenvalue weighted by atomic mass is 16.3. The molecule has 134 valence electrons. The van der Waals surface area contributed by atoms with Crippen LogP contribution in [0.5, 0.6) is 0 Å². The Morgan fingerprint density at radius 3 is 2.68 bits per heavy atom. The average molecular weight is 345 g/mol. The summed E-state index contributed by atoms with van der Waals surface area (Å²) in [6.45, 7) is 5.42. The largest absolute Gasteiger partial charge is 0.392 e. The van der Waals surface area contributed by atoms with Crippen LogP contribution < -0.4 is 5.56 Å². The van der Waals surface area contributed by atoms with Gasteiger partial charge in [-0.15, -0.1) is 5.10 Å². The van der Waals surface area contributed by atoms with Crippen molar-refractivity contribution in [2.24, 2.45) is 0 Å². The number of hydrogen-bond acceptors (Lipinski definition) is 6. The number of rotatable bonds is 5. The Kier molecular flexibility index (Phi) is 5.40. The lowest BCUT2D eigenvalue weighted by molar-refractivity contribution is -0.133. The van der Waals surface area contributed by atoms with Crippen molar-refractivity contribution in [3.8, 4) is 0 Å². The van der Waals surface area contributed by atoms with Crippen LogP contribution in [0.3, 0.4) is 0 Å². The summed E-state index contributed by atoms with van der Waals surface area (Å²) >= 11 is 0. The van der Waals surface area contributed by atoms with Crippen molar-refractivity contribution in [2.45, 2.75) is 26.0 Å². The molecule has 1 unspecified atom stereocenters. The van der Waals surface area contributed by atoms with E-state index < -0.39 is 0 Å². The average Bonchev–Trinajstić information content (AvgIpc) is 2.61. The third-order valence-electron chi connectivity index (χ3n) is 4.41. The van der Waals surface area contributed by atoms with Crippen LogP contribution in [-0.2, 0) is 11.3 Å². The van der Waals surface area contributed by atoms with Crippen LogP contribution in [0.25, 0.3) is 10.9 Å². The van der Waals surface area contributed by atoms with E-state index in [1.165, 1.54) is 4.68 Å². The van der Waals surface area contributed by atoms with E-state index in [1.54, 1.807) is 30.0 Å². The highest BCUT2D eigenvalue weighted by Crippen LogP contribution is 2.06. The number of aliphatic hydroxyl groups is 1. The Bertz CT molecular complexity index is 796. The summed E-state index contributed by atoms with van der Waals surface area (Å²) in [4.78, 5) is 28.7. The monoisotopic (exact) mass is 345 g/mol. The lowest BCUT2D eigenvalue weighted by atomic mass is 10.2. The zero-order valence-corrected chi connectivity index (χ0v) is 14.3. The van der Waals surface area contributed by atoms with E-state index in [4.69, 9.17) is 0 Å². The normalized spacial score (nSPS) is 17.0. The molecule has 0 saturated carbocycles. The van der Waals surface area contributed by atoms with Gasteiger partial charge in [-0.1, -0.05) is 17.3 Å². The highest BCUT2D eigenvalue weighted by Gasteiger charge is 2.21. The van der Waals surface area contributed by atoms with E-state index in [0.717, 1.165) is 13.1 Å². The molecule has 8 nitrogen and oxygen atoms in total. The van der Waals surface area contributed by atoms with Gasteiger partial charge in [-0.2, -0.15) is 0 Å². The summed E-state index contributed by atoms with van der Waals surface area (Å²) in [7, 11) is 0. The quantitative estimate of drug-likeness (QED) is 0.800. The van der Waals surface area contributed by atoms with Crippen LogP contribution in [0.1, 0.15) is 13.3 Å². The fourth-order valence-corrected chi connectivity index (χ4v) is 3.08. The summed E-state index contributed by atoms with van der Waals surface area (Å²) in [5.74, 6) is 0.0126. The van der Waals surface area contributed by atoms with Crippen LogP contribution in [-0.4, -0.2) is 74.6 Å². The number of piperazine rings is 1. The number of aliphatic hydroxyl groups excluding tert-OH is 1. The van der Waals surface area contributed by atoms with Gasteiger partial charge < -0.3 is 10.0 Å². The van der Waals surface area contributed by atoms with Crippen LogP contribution in [0, 0.1) is 0 Å². The number of benzene rings is 1. The van der Waals surface area contributed by atoms with E-state index in [0.29, 0.717) is 30.5 Å². The van der Waals surface area contributed by atoms with Gasteiger partial charge in [0, 0.05) is 39.1 Å². The first kappa shape index (κ1) is 17.5. The van der Waals surface area contributed by atoms with Gasteiger partial charge in [0.05, 0.1) is 18.0 Å². The van der Waals surface area contributed by atoms with Crippen molar-refractivity contribution in [3.63, 3.8) is 0 Å². The molecule has 0 radical (unpaired) electrons. The van der Waals surface area contributed by atoms with Gasteiger partial charge in [-0.25, -0.2) is 4.68 Å². The number of fused-ring (bicyclic) bond motifs is 1. The molecule has 0 spiro atoms. The van der Waals surface area contributed by atoms with Gasteiger partial charge >= 0.3 is 0 Å². The van der Waals surface area contributed by atoms with E-state index in [2.05, 4.69) is 15.2 Å². The number of amides is 1. The molecule has 1 atom stereocenters. The third-order valence-corrected chi connectivity index (χ3v) is 4.41. The maximum Gasteiger partial charge on any atom is 0.277 e. The van der Waals surface area contributed by atoms with Gasteiger partial charge in [0.25, 0.3) is 5.56 Å². The van der Waals surface area contributed by atoms with Crippen molar-refractivity contribution in [3.05, 3.63) is 34.6 Å². The maximum absolute atomic E-state index is 12.4. The molecule has 0 bridgehead atoms. The highest BCUT2D eigenvalue weighted by molar-refractivity contribution is 5.77. The zero-order chi connectivity index (χ0) is 17.8. The van der Waals surface area contributed by atoms with Gasteiger partial charge in [-0.05, 0) is 19.1 Å². The zero-order valence-electron chi connectivity index (χ0n) is 14.3. The van der Waals surface area contributed by atoms with Gasteiger partial charge in [0.15, 0.2) is 0 Å². The van der Waals surface area contributed by atoms with Crippen LogP contribution >= 0.6 is 0 Å². The summed E-state index contributed by atoms with van der Waals surface area (Å²) in [5.41, 5.74) is 0.337. The van der Waals surface area contributed by atoms with Crippen molar-refractivity contribution >= 4 is 16.8 Å². The van der Waals surface area contributed by atoms with E-state index >= 15 is 0 Å². The summed E-state index contributed by atoms with van der Waals surface area (Å²) in [5, 5.41) is 17.9. The number of β-amino-alcohol motifs (C(OH)–C–C–N with tert-alkyl or cyclic N) is 1. The number of carbonyl (C=O) groups excluding carboxylic acids is 1. The third kappa shape index (κ3) is 4.21. The second-order valence-corrected chi connectivity index (χ2v) is 6.42. The fourth-order valence-electron chi connectivity index (χ4n) is 3.08. The number of hydrogen-bond donors (Lipinski definition) is 1. The molecule has 1 N–H and O–H groups in total. The smallest absolute Gasteiger partial charge is 0.277 e. The Morgan fingerprint density at radius 1 is 1.24 bits per heavy atom. The molecule has 25 heavy (non-hydrogen) atoms. The molecule has 2 heterocycles. The minimum atomic E-state index is -0.361. The SMILES string of the molecule is CC(O)CN1CCN(C(=O)CCn2nnc3ccccc3c2=O)CC1. The molecular weight excluding hydrogens is 322 g/mol. The lowest BCUT2D eigenvalue weighted by Crippen LogP contribution is -2.50. The molecule has 1 fully saturated rings. The van der Waals surface area contributed by atoms with Crippen LogP contribution in [0.15, 0.2) is 29.1 Å². The summed E-state index contributed by atoms with van der Waals surface area (Å²) in [6, 6.07) is 7.05. The number of aryl methyl sites for hydroxylation is 1. The second-order valence-electron chi connectivity index (χ2n) is 6.42. The molecule has 1 amide bonds. The Labute approximate surface area is 145 Å². The van der Waals surface area contributed by atoms with Crippen LogP contribution in [0.4, 0.5) is 0 Å². The first-order chi connectivity index (χ1) is 12.0. The molecular formula is C17H23N5O3. The first-order valence-electron chi connectivity index (χ1n) is 8.55. The Balaban J connectivity index is 1.56. The van der Waals surface area contributed by atoms with Gasteiger partial charge in [0.1, 0.15) is 5.52 Å². The first-order valence-corrected chi connectivity index (χ1v) is 8.55. The minimum absolute atomic E-state index is 0.0126. The molecule has 3 rings (SSSR count). The van der Waals surface area contributed by atoms with Crippen molar-refractivity contribution in [1.29, 1.82) is 0 Å². The molecule has 1 saturated heterocycles. The number of aromatic nitrogens is 3. The number of carbonyl (C=O) groups is 1. The summed E-state index contributed by atoms with van der Waals surface area (Å²) < 4.78 is 1.25. The fraction of sp³-hybridized carbons (Fsp3) is 0.529. The van der Waals surface area contributed by atoms with Gasteiger partial charge in [0.2, 0.25) is 5.91 Å². The second kappa shape index (κ2) is 7.71. The van der Waals surface area contributed by atoms with Crippen molar-refractivity contribution < 1.29 is 9.90 Å². The molecule has 1 aromatic carbocycles. The minimum Gasteiger partial charge on any atom is -0.392 e.